The van der Waals surface area contributed by atoms with Gasteiger partial charge in [0, 0.05) is 4.88 Å². The summed E-state index contributed by atoms with van der Waals surface area (Å²) < 4.78 is 2.00. The normalized spacial score (nSPS) is 11.2. The van der Waals surface area contributed by atoms with E-state index < -0.39 is 0 Å². The monoisotopic (exact) mass is 352 g/mol. The molecule has 0 atom stereocenters. The molecule has 0 aliphatic heterocycles. The number of carbonyl (C=O) groups is 1. The minimum atomic E-state index is 0.631. The Labute approximate surface area is 148 Å². The second-order valence-electron chi connectivity index (χ2n) is 5.62. The number of aromatic nitrogens is 2. The van der Waals surface area contributed by atoms with Crippen LogP contribution in [0.5, 0.6) is 0 Å². The van der Waals surface area contributed by atoms with E-state index in [2.05, 4.69) is 38.1 Å². The molecule has 24 heavy (non-hydrogen) atoms. The van der Waals surface area contributed by atoms with Crippen LogP contribution < -0.4 is 0 Å². The summed E-state index contributed by atoms with van der Waals surface area (Å²) in [5, 5.41) is 2.01. The van der Waals surface area contributed by atoms with Crippen LogP contribution >= 0.6 is 22.7 Å². The minimum Gasteiger partial charge on any atom is -0.296 e. The molecule has 0 aliphatic rings. The quantitative estimate of drug-likeness (QED) is 0.456. The molecular formula is C19H16N2OS2. The van der Waals surface area contributed by atoms with Crippen LogP contribution in [0.4, 0.5) is 0 Å². The summed E-state index contributed by atoms with van der Waals surface area (Å²) in [7, 11) is 0. The fourth-order valence-electron chi connectivity index (χ4n) is 2.97. The van der Waals surface area contributed by atoms with Gasteiger partial charge in [-0.15, -0.1) is 22.7 Å². The van der Waals surface area contributed by atoms with Gasteiger partial charge in [-0.25, -0.2) is 4.98 Å². The topological polar surface area (TPSA) is 34.4 Å². The van der Waals surface area contributed by atoms with Crippen molar-refractivity contribution in [2.75, 3.05) is 0 Å². The zero-order valence-corrected chi connectivity index (χ0v) is 15.1. The first kappa shape index (κ1) is 15.3. The highest BCUT2D eigenvalue weighted by molar-refractivity contribution is 7.17. The van der Waals surface area contributed by atoms with Crippen LogP contribution in [0.1, 0.15) is 27.9 Å². The van der Waals surface area contributed by atoms with Gasteiger partial charge in [0.05, 0.1) is 10.6 Å². The van der Waals surface area contributed by atoms with Gasteiger partial charge in [-0.2, -0.15) is 0 Å². The van der Waals surface area contributed by atoms with Crippen molar-refractivity contribution in [1.82, 2.24) is 9.38 Å². The first-order chi connectivity index (χ1) is 11.7. The molecule has 4 rings (SSSR count). The average molecular weight is 352 g/mol. The van der Waals surface area contributed by atoms with E-state index in [9.17, 15) is 4.79 Å². The Morgan fingerprint density at radius 1 is 1.21 bits per heavy atom. The van der Waals surface area contributed by atoms with Gasteiger partial charge in [0.2, 0.25) is 0 Å². The number of aldehydes is 1. The van der Waals surface area contributed by atoms with Crippen LogP contribution in [-0.4, -0.2) is 15.7 Å². The molecule has 0 N–H and O–H groups in total. The lowest BCUT2D eigenvalue weighted by molar-refractivity contribution is 0.111. The summed E-state index contributed by atoms with van der Waals surface area (Å²) >= 11 is 3.23. The summed E-state index contributed by atoms with van der Waals surface area (Å²) in [6.07, 6.45) is 1.94. The maximum absolute atomic E-state index is 11.8. The fourth-order valence-corrected chi connectivity index (χ4v) is 4.69. The standard InChI is InChI=1S/C19H16N2OS2/c1-3-13-6-8-14(9-7-13)18-12(2)24-19-20-17(15(11-22)21(18)19)16-5-4-10-23-16/h4-11H,3H2,1-2H3. The average Bonchev–Trinajstić information content (AvgIpc) is 3.29. The summed E-state index contributed by atoms with van der Waals surface area (Å²) in [4.78, 5) is 19.6. The lowest BCUT2D eigenvalue weighted by Gasteiger charge is -2.05. The van der Waals surface area contributed by atoms with Gasteiger partial charge in [-0.3, -0.25) is 9.20 Å². The van der Waals surface area contributed by atoms with E-state index in [1.807, 2.05) is 21.9 Å². The Balaban J connectivity index is 1.98. The SMILES string of the molecule is CCc1ccc(-c2c(C)sc3nc(-c4cccs4)c(C=O)n23)cc1. The second kappa shape index (κ2) is 6.00. The Morgan fingerprint density at radius 2 is 2.00 bits per heavy atom. The predicted octanol–water partition coefficient (Wildman–Crippen LogP) is 5.47. The van der Waals surface area contributed by atoms with Gasteiger partial charge in [0.25, 0.3) is 0 Å². The number of hydrogen-bond donors (Lipinski definition) is 0. The molecule has 0 spiro atoms. The number of rotatable bonds is 4. The van der Waals surface area contributed by atoms with Gasteiger partial charge in [-0.05, 0) is 35.9 Å². The predicted molar refractivity (Wildman–Crippen MR) is 101 cm³/mol. The third kappa shape index (κ3) is 2.32. The minimum absolute atomic E-state index is 0.631. The molecule has 3 heterocycles. The molecule has 3 aromatic heterocycles. The molecule has 0 saturated carbocycles. The number of thiophene rings is 1. The van der Waals surface area contributed by atoms with E-state index in [0.29, 0.717) is 5.69 Å². The molecule has 0 radical (unpaired) electrons. The molecule has 5 heteroatoms. The molecule has 0 amide bonds. The summed E-state index contributed by atoms with van der Waals surface area (Å²) in [6.45, 7) is 4.23. The van der Waals surface area contributed by atoms with Gasteiger partial charge >= 0.3 is 0 Å². The largest absolute Gasteiger partial charge is 0.296 e. The Hall–Kier alpha value is -2.24. The first-order valence-corrected chi connectivity index (χ1v) is 9.52. The molecule has 4 aromatic rings. The highest BCUT2D eigenvalue weighted by Gasteiger charge is 2.21. The van der Waals surface area contributed by atoms with Crippen molar-refractivity contribution in [3.63, 3.8) is 0 Å². The molecule has 0 unspecified atom stereocenters. The van der Waals surface area contributed by atoms with Crippen molar-refractivity contribution in [3.8, 4) is 21.8 Å². The highest BCUT2D eigenvalue weighted by Crippen LogP contribution is 2.36. The fraction of sp³-hybridized carbons (Fsp3) is 0.158. The van der Waals surface area contributed by atoms with E-state index in [1.165, 1.54) is 10.4 Å². The number of fused-ring (bicyclic) bond motifs is 1. The zero-order valence-electron chi connectivity index (χ0n) is 13.4. The van der Waals surface area contributed by atoms with Crippen molar-refractivity contribution >= 4 is 33.9 Å². The molecule has 0 aliphatic carbocycles. The van der Waals surface area contributed by atoms with Crippen LogP contribution in [0.25, 0.3) is 26.8 Å². The molecule has 0 fully saturated rings. The number of carbonyl (C=O) groups excluding carboxylic acids is 1. The molecule has 120 valence electrons. The van der Waals surface area contributed by atoms with Crippen molar-refractivity contribution in [2.45, 2.75) is 20.3 Å². The van der Waals surface area contributed by atoms with E-state index in [1.54, 1.807) is 22.7 Å². The smallest absolute Gasteiger partial charge is 0.195 e. The van der Waals surface area contributed by atoms with Crippen LogP contribution in [0.3, 0.4) is 0 Å². The van der Waals surface area contributed by atoms with Crippen LogP contribution in [0.15, 0.2) is 41.8 Å². The van der Waals surface area contributed by atoms with Crippen LogP contribution in [0.2, 0.25) is 0 Å². The molecule has 0 saturated heterocycles. The van der Waals surface area contributed by atoms with Crippen molar-refractivity contribution in [1.29, 1.82) is 0 Å². The summed E-state index contributed by atoms with van der Waals surface area (Å²) in [6, 6.07) is 12.6. The summed E-state index contributed by atoms with van der Waals surface area (Å²) in [5.41, 5.74) is 4.90. The van der Waals surface area contributed by atoms with Crippen molar-refractivity contribution in [3.05, 3.63) is 57.9 Å². The maximum atomic E-state index is 11.8. The zero-order chi connectivity index (χ0) is 16.7. The maximum Gasteiger partial charge on any atom is 0.195 e. The lowest BCUT2D eigenvalue weighted by atomic mass is 10.1. The highest BCUT2D eigenvalue weighted by atomic mass is 32.1. The molecular weight excluding hydrogens is 336 g/mol. The van der Waals surface area contributed by atoms with Gasteiger partial charge in [0.15, 0.2) is 11.2 Å². The van der Waals surface area contributed by atoms with Gasteiger partial charge < -0.3 is 0 Å². The van der Waals surface area contributed by atoms with Crippen LogP contribution in [0, 0.1) is 6.92 Å². The van der Waals surface area contributed by atoms with Crippen molar-refractivity contribution in [2.24, 2.45) is 0 Å². The number of thiazole rings is 1. The van der Waals surface area contributed by atoms with E-state index in [0.717, 1.165) is 39.5 Å². The van der Waals surface area contributed by atoms with E-state index in [-0.39, 0.29) is 0 Å². The third-order valence-corrected chi connectivity index (χ3v) is 6.02. The molecule has 1 aromatic carbocycles. The summed E-state index contributed by atoms with van der Waals surface area (Å²) in [5.74, 6) is 0. The van der Waals surface area contributed by atoms with E-state index in [4.69, 9.17) is 4.98 Å². The number of benzene rings is 1. The Bertz CT molecular complexity index is 1010. The van der Waals surface area contributed by atoms with Crippen molar-refractivity contribution < 1.29 is 4.79 Å². The Morgan fingerprint density at radius 3 is 2.62 bits per heavy atom. The van der Waals surface area contributed by atoms with Gasteiger partial charge in [0.1, 0.15) is 11.4 Å². The Kier molecular flexibility index (Phi) is 3.82. The number of nitrogens with zero attached hydrogens (tertiary/aromatic N) is 2. The molecule has 3 nitrogen and oxygen atoms in total. The third-order valence-electron chi connectivity index (χ3n) is 4.19. The van der Waals surface area contributed by atoms with E-state index >= 15 is 0 Å². The lowest BCUT2D eigenvalue weighted by Crippen LogP contribution is -1.95. The number of hydrogen-bond acceptors (Lipinski definition) is 4. The first-order valence-electron chi connectivity index (χ1n) is 7.83. The molecule has 0 bridgehead atoms. The number of imidazole rings is 1. The second-order valence-corrected chi connectivity index (χ2v) is 7.75. The van der Waals surface area contributed by atoms with Gasteiger partial charge in [-0.1, -0.05) is 37.3 Å². The van der Waals surface area contributed by atoms with Crippen LogP contribution in [-0.2, 0) is 6.42 Å². The number of aryl methyl sites for hydroxylation is 2.